The Labute approximate surface area is 81.0 Å². The van der Waals surface area contributed by atoms with Crippen LogP contribution in [0.4, 0.5) is 0 Å². The molecule has 2 heteroatoms. The van der Waals surface area contributed by atoms with E-state index >= 15 is 0 Å². The van der Waals surface area contributed by atoms with Gasteiger partial charge < -0.3 is 10.1 Å². The molecule has 0 aromatic carbocycles. The van der Waals surface area contributed by atoms with Crippen molar-refractivity contribution >= 4 is 0 Å². The maximum atomic E-state index is 6.01. The van der Waals surface area contributed by atoms with Crippen LogP contribution in [0.2, 0.25) is 0 Å². The quantitative estimate of drug-likeness (QED) is 0.618. The van der Waals surface area contributed by atoms with E-state index < -0.39 is 0 Å². The van der Waals surface area contributed by atoms with Crippen molar-refractivity contribution in [2.24, 2.45) is 11.3 Å². The predicted molar refractivity (Wildman–Crippen MR) is 53.7 cm³/mol. The molecule has 1 N–H and O–H groups in total. The first-order valence-corrected chi connectivity index (χ1v) is 5.39. The van der Waals surface area contributed by atoms with Gasteiger partial charge in [0, 0.05) is 13.1 Å². The van der Waals surface area contributed by atoms with Gasteiger partial charge in [-0.25, -0.2) is 0 Å². The molecule has 76 valence electrons. The Hall–Kier alpha value is -0.0800. The van der Waals surface area contributed by atoms with Crippen molar-refractivity contribution in [3.05, 3.63) is 0 Å². The lowest BCUT2D eigenvalue weighted by Crippen LogP contribution is -2.51. The van der Waals surface area contributed by atoms with Crippen LogP contribution in [0.25, 0.3) is 0 Å². The van der Waals surface area contributed by atoms with Crippen molar-refractivity contribution in [3.63, 3.8) is 0 Å². The second kappa shape index (κ2) is 2.96. The van der Waals surface area contributed by atoms with Gasteiger partial charge in [-0.1, -0.05) is 20.8 Å². The fourth-order valence-corrected chi connectivity index (χ4v) is 3.18. The van der Waals surface area contributed by atoms with Gasteiger partial charge in [-0.3, -0.25) is 0 Å². The molecule has 0 amide bonds. The standard InChI is InChI=1S/C11H21NO/c1-9-6-10(2,3)7-11(9)8-12-4-5-13-11/h9,12H,4-8H2,1-3H3. The van der Waals surface area contributed by atoms with E-state index in [-0.39, 0.29) is 5.60 Å². The Balaban J connectivity index is 2.13. The first-order valence-electron chi connectivity index (χ1n) is 5.39. The van der Waals surface area contributed by atoms with Crippen molar-refractivity contribution in [1.29, 1.82) is 0 Å². The van der Waals surface area contributed by atoms with Gasteiger partial charge in [-0.05, 0) is 24.2 Å². The smallest absolute Gasteiger partial charge is 0.0837 e. The molecule has 1 aliphatic carbocycles. The maximum absolute atomic E-state index is 6.01. The normalized spacial score (nSPS) is 44.1. The third kappa shape index (κ3) is 1.62. The third-order valence-electron chi connectivity index (χ3n) is 3.63. The molecule has 2 unspecified atom stereocenters. The summed E-state index contributed by atoms with van der Waals surface area (Å²) in [6.45, 7) is 10.0. The van der Waals surface area contributed by atoms with Gasteiger partial charge >= 0.3 is 0 Å². The van der Waals surface area contributed by atoms with E-state index in [1.807, 2.05) is 0 Å². The number of hydrogen-bond acceptors (Lipinski definition) is 2. The molecule has 1 saturated heterocycles. The molecule has 2 atom stereocenters. The molecule has 1 saturated carbocycles. The molecule has 1 heterocycles. The lowest BCUT2D eigenvalue weighted by Gasteiger charge is -2.38. The average molecular weight is 183 g/mol. The summed E-state index contributed by atoms with van der Waals surface area (Å²) in [5.41, 5.74) is 0.625. The van der Waals surface area contributed by atoms with Gasteiger partial charge in [0.25, 0.3) is 0 Å². The molecule has 0 aromatic rings. The van der Waals surface area contributed by atoms with E-state index in [1.54, 1.807) is 0 Å². The summed E-state index contributed by atoms with van der Waals surface area (Å²) in [6, 6.07) is 0. The number of ether oxygens (including phenoxy) is 1. The Kier molecular flexibility index (Phi) is 2.16. The first-order chi connectivity index (χ1) is 6.04. The van der Waals surface area contributed by atoms with Crippen LogP contribution in [0, 0.1) is 11.3 Å². The molecule has 2 nitrogen and oxygen atoms in total. The predicted octanol–water partition coefficient (Wildman–Crippen LogP) is 1.80. The molecule has 13 heavy (non-hydrogen) atoms. The van der Waals surface area contributed by atoms with Crippen LogP contribution in [0.3, 0.4) is 0 Å². The fraction of sp³-hybridized carbons (Fsp3) is 1.00. The molecule has 1 spiro atoms. The second-order valence-electron chi connectivity index (χ2n) is 5.54. The highest BCUT2D eigenvalue weighted by Gasteiger charge is 2.50. The zero-order valence-electron chi connectivity index (χ0n) is 9.02. The van der Waals surface area contributed by atoms with Crippen LogP contribution in [0.1, 0.15) is 33.6 Å². The fourth-order valence-electron chi connectivity index (χ4n) is 3.18. The summed E-state index contributed by atoms with van der Waals surface area (Å²) in [7, 11) is 0. The van der Waals surface area contributed by atoms with E-state index in [9.17, 15) is 0 Å². The minimum atomic E-state index is 0.155. The van der Waals surface area contributed by atoms with Crippen molar-refractivity contribution < 1.29 is 4.74 Å². The zero-order chi connectivity index (χ0) is 9.53. The number of hydrogen-bond donors (Lipinski definition) is 1. The van der Waals surface area contributed by atoms with Crippen molar-refractivity contribution in [2.45, 2.75) is 39.2 Å². The third-order valence-corrected chi connectivity index (χ3v) is 3.63. The van der Waals surface area contributed by atoms with Crippen molar-refractivity contribution in [2.75, 3.05) is 19.7 Å². The SMILES string of the molecule is CC1CC(C)(C)CC12CNCCO2. The number of morpholine rings is 1. The Morgan fingerprint density at radius 2 is 2.15 bits per heavy atom. The summed E-state index contributed by atoms with van der Waals surface area (Å²) in [5.74, 6) is 0.704. The topological polar surface area (TPSA) is 21.3 Å². The molecular formula is C11H21NO. The van der Waals surface area contributed by atoms with Crippen molar-refractivity contribution in [3.8, 4) is 0 Å². The van der Waals surface area contributed by atoms with Crippen LogP contribution in [0.15, 0.2) is 0 Å². The minimum Gasteiger partial charge on any atom is -0.372 e. The van der Waals surface area contributed by atoms with E-state index in [0.29, 0.717) is 11.3 Å². The number of nitrogens with one attached hydrogen (secondary N) is 1. The highest BCUT2D eigenvalue weighted by Crippen LogP contribution is 2.49. The van der Waals surface area contributed by atoms with Crippen LogP contribution in [-0.4, -0.2) is 25.3 Å². The molecule has 2 aliphatic rings. The minimum absolute atomic E-state index is 0.155. The van der Waals surface area contributed by atoms with Gasteiger partial charge in [0.05, 0.1) is 12.2 Å². The van der Waals surface area contributed by atoms with Crippen LogP contribution >= 0.6 is 0 Å². The molecule has 0 radical (unpaired) electrons. The summed E-state index contributed by atoms with van der Waals surface area (Å²) in [4.78, 5) is 0. The molecular weight excluding hydrogens is 162 g/mol. The van der Waals surface area contributed by atoms with Crippen LogP contribution < -0.4 is 5.32 Å². The summed E-state index contributed by atoms with van der Waals surface area (Å²) in [6.07, 6.45) is 2.52. The van der Waals surface area contributed by atoms with E-state index in [0.717, 1.165) is 19.7 Å². The van der Waals surface area contributed by atoms with Gasteiger partial charge in [0.15, 0.2) is 0 Å². The Bertz CT molecular complexity index is 194. The Morgan fingerprint density at radius 3 is 2.62 bits per heavy atom. The van der Waals surface area contributed by atoms with Gasteiger partial charge in [-0.15, -0.1) is 0 Å². The number of rotatable bonds is 0. The summed E-state index contributed by atoms with van der Waals surface area (Å²) in [5, 5.41) is 3.46. The van der Waals surface area contributed by atoms with E-state index in [2.05, 4.69) is 26.1 Å². The molecule has 0 aromatic heterocycles. The molecule has 0 bridgehead atoms. The second-order valence-corrected chi connectivity index (χ2v) is 5.54. The monoisotopic (exact) mass is 183 g/mol. The highest BCUT2D eigenvalue weighted by molar-refractivity contribution is 5.02. The van der Waals surface area contributed by atoms with Crippen molar-refractivity contribution in [1.82, 2.24) is 5.32 Å². The van der Waals surface area contributed by atoms with E-state index in [1.165, 1.54) is 12.8 Å². The van der Waals surface area contributed by atoms with E-state index in [4.69, 9.17) is 4.74 Å². The molecule has 2 fully saturated rings. The van der Waals surface area contributed by atoms with Crippen LogP contribution in [0.5, 0.6) is 0 Å². The molecule has 2 rings (SSSR count). The lowest BCUT2D eigenvalue weighted by molar-refractivity contribution is -0.0894. The Morgan fingerprint density at radius 1 is 1.38 bits per heavy atom. The summed E-state index contributed by atoms with van der Waals surface area (Å²) >= 11 is 0. The first kappa shape index (κ1) is 9.47. The lowest BCUT2D eigenvalue weighted by atomic mass is 9.88. The summed E-state index contributed by atoms with van der Waals surface area (Å²) < 4.78 is 6.01. The average Bonchev–Trinajstić information content (AvgIpc) is 2.23. The van der Waals surface area contributed by atoms with Crippen LogP contribution in [-0.2, 0) is 4.74 Å². The van der Waals surface area contributed by atoms with Gasteiger partial charge in [-0.2, -0.15) is 0 Å². The molecule has 1 aliphatic heterocycles. The zero-order valence-corrected chi connectivity index (χ0v) is 9.02. The maximum Gasteiger partial charge on any atom is 0.0837 e. The van der Waals surface area contributed by atoms with Gasteiger partial charge in [0.1, 0.15) is 0 Å². The highest BCUT2D eigenvalue weighted by atomic mass is 16.5. The largest absolute Gasteiger partial charge is 0.372 e. The van der Waals surface area contributed by atoms with Gasteiger partial charge in [0.2, 0.25) is 0 Å².